The van der Waals surface area contributed by atoms with Crippen molar-refractivity contribution >= 4 is 11.8 Å². The Bertz CT molecular complexity index is 860. The van der Waals surface area contributed by atoms with Gasteiger partial charge in [-0.15, -0.1) is 0 Å². The number of methoxy groups -OCH3 is 2. The van der Waals surface area contributed by atoms with Crippen molar-refractivity contribution in [3.63, 3.8) is 0 Å². The summed E-state index contributed by atoms with van der Waals surface area (Å²) in [6.07, 6.45) is 3.77. The van der Waals surface area contributed by atoms with Crippen LogP contribution in [0, 0.1) is 11.6 Å². The van der Waals surface area contributed by atoms with E-state index in [1.165, 1.54) is 32.7 Å². The molecular formula is C17H19F2N5O4. The topological polar surface area (TPSA) is 138 Å². The number of ether oxygens (including phenoxy) is 3. The molecule has 11 heteroatoms. The van der Waals surface area contributed by atoms with Gasteiger partial charge in [0.05, 0.1) is 38.8 Å². The SMILES string of the molecule is COc1cc(OC)c(F)c(COc2cnc(/N=C(N)\C=C(/N)CO)nc2)c1F. The Labute approximate surface area is 159 Å². The average Bonchev–Trinajstić information content (AvgIpc) is 2.69. The van der Waals surface area contributed by atoms with Gasteiger partial charge < -0.3 is 30.8 Å². The maximum absolute atomic E-state index is 14.3. The molecule has 1 aromatic carbocycles. The number of nitrogens with zero attached hydrogens (tertiary/aromatic N) is 3. The lowest BCUT2D eigenvalue weighted by molar-refractivity contribution is 0.280. The molecule has 0 aliphatic rings. The molecule has 5 N–H and O–H groups in total. The first-order chi connectivity index (χ1) is 13.4. The van der Waals surface area contributed by atoms with Crippen LogP contribution in [0.3, 0.4) is 0 Å². The van der Waals surface area contributed by atoms with Crippen molar-refractivity contribution in [2.75, 3.05) is 20.8 Å². The van der Waals surface area contributed by atoms with E-state index in [9.17, 15) is 8.78 Å². The molecule has 0 saturated carbocycles. The maximum Gasteiger partial charge on any atom is 0.251 e. The monoisotopic (exact) mass is 395 g/mol. The Morgan fingerprint density at radius 2 is 1.71 bits per heavy atom. The van der Waals surface area contributed by atoms with Gasteiger partial charge in [0.25, 0.3) is 5.95 Å². The van der Waals surface area contributed by atoms with Gasteiger partial charge >= 0.3 is 0 Å². The van der Waals surface area contributed by atoms with E-state index in [1.807, 2.05) is 0 Å². The molecule has 9 nitrogen and oxygen atoms in total. The Kier molecular flexibility index (Phi) is 7.04. The summed E-state index contributed by atoms with van der Waals surface area (Å²) in [5, 5.41) is 8.82. The van der Waals surface area contributed by atoms with E-state index >= 15 is 0 Å². The van der Waals surface area contributed by atoms with Crippen LogP contribution in [0.4, 0.5) is 14.7 Å². The van der Waals surface area contributed by atoms with Crippen molar-refractivity contribution in [1.82, 2.24) is 9.97 Å². The molecular weight excluding hydrogens is 376 g/mol. The summed E-state index contributed by atoms with van der Waals surface area (Å²) in [7, 11) is 2.51. The average molecular weight is 395 g/mol. The van der Waals surface area contributed by atoms with Gasteiger partial charge in [0.15, 0.2) is 28.9 Å². The summed E-state index contributed by atoms with van der Waals surface area (Å²) in [4.78, 5) is 11.7. The Balaban J connectivity index is 2.15. The zero-order chi connectivity index (χ0) is 20.7. The molecule has 0 amide bonds. The molecule has 2 aromatic rings. The number of aliphatic hydroxyl groups is 1. The Morgan fingerprint density at radius 1 is 1.14 bits per heavy atom. The molecule has 0 spiro atoms. The van der Waals surface area contributed by atoms with Crippen LogP contribution in [0.25, 0.3) is 0 Å². The number of hydrogen-bond donors (Lipinski definition) is 3. The first-order valence-electron chi connectivity index (χ1n) is 7.84. The second-order valence-electron chi connectivity index (χ2n) is 5.31. The fraction of sp³-hybridized carbons (Fsp3) is 0.235. The summed E-state index contributed by atoms with van der Waals surface area (Å²) < 4.78 is 43.7. The van der Waals surface area contributed by atoms with Crippen LogP contribution < -0.4 is 25.7 Å². The molecule has 0 radical (unpaired) electrons. The van der Waals surface area contributed by atoms with Crippen molar-refractivity contribution in [1.29, 1.82) is 0 Å². The van der Waals surface area contributed by atoms with E-state index in [4.69, 9.17) is 30.8 Å². The van der Waals surface area contributed by atoms with E-state index in [0.29, 0.717) is 0 Å². The van der Waals surface area contributed by atoms with Gasteiger partial charge in [0, 0.05) is 17.8 Å². The third kappa shape index (κ3) is 5.04. The molecule has 0 aliphatic heterocycles. The van der Waals surface area contributed by atoms with E-state index in [2.05, 4.69) is 15.0 Å². The summed E-state index contributed by atoms with van der Waals surface area (Å²) >= 11 is 0. The number of aromatic nitrogens is 2. The summed E-state index contributed by atoms with van der Waals surface area (Å²) in [5.41, 5.74) is 10.8. The smallest absolute Gasteiger partial charge is 0.251 e. The predicted octanol–water partition coefficient (Wildman–Crippen LogP) is 1.17. The lowest BCUT2D eigenvalue weighted by Crippen LogP contribution is -2.13. The normalized spacial score (nSPS) is 12.0. The fourth-order valence-corrected chi connectivity index (χ4v) is 2.04. The van der Waals surface area contributed by atoms with E-state index in [-0.39, 0.29) is 46.9 Å². The number of hydrogen-bond acceptors (Lipinski definition) is 8. The molecule has 0 bridgehead atoms. The number of nitrogens with two attached hydrogens (primary N) is 2. The molecule has 0 aliphatic carbocycles. The van der Waals surface area contributed by atoms with Crippen molar-refractivity contribution in [2.45, 2.75) is 6.61 Å². The van der Waals surface area contributed by atoms with Crippen LogP contribution in [0.5, 0.6) is 17.2 Å². The standard InChI is InChI=1S/C17H19F2N5O4/c1-26-12-4-13(27-2)16(19)11(15(12)18)8-28-10-5-22-17(23-6-10)24-14(21)3-9(20)7-25/h3-6,25H,7-8,20H2,1-2H3,(H2,21,22,23,24)/b9-3-. The molecule has 2 rings (SSSR count). The minimum absolute atomic E-state index is 0.00663. The van der Waals surface area contributed by atoms with Crippen LogP contribution in [0.2, 0.25) is 0 Å². The number of amidine groups is 1. The second kappa shape index (κ2) is 9.46. The van der Waals surface area contributed by atoms with Crippen LogP contribution >= 0.6 is 0 Å². The molecule has 150 valence electrons. The lowest BCUT2D eigenvalue weighted by atomic mass is 10.1. The summed E-state index contributed by atoms with van der Waals surface area (Å²) in [6, 6.07) is 1.10. The van der Waals surface area contributed by atoms with Gasteiger partial charge in [0.1, 0.15) is 12.4 Å². The van der Waals surface area contributed by atoms with Gasteiger partial charge in [-0.05, 0) is 0 Å². The highest BCUT2D eigenvalue weighted by molar-refractivity contribution is 5.93. The first kappa shape index (κ1) is 20.8. The minimum Gasteiger partial charge on any atom is -0.494 e. The van der Waals surface area contributed by atoms with E-state index in [0.717, 1.165) is 6.07 Å². The van der Waals surface area contributed by atoms with Gasteiger partial charge in [-0.25, -0.2) is 18.7 Å². The molecule has 1 heterocycles. The number of benzene rings is 1. The largest absolute Gasteiger partial charge is 0.494 e. The Morgan fingerprint density at radius 3 is 2.21 bits per heavy atom. The second-order valence-corrected chi connectivity index (χ2v) is 5.31. The van der Waals surface area contributed by atoms with Gasteiger partial charge in [0.2, 0.25) is 0 Å². The minimum atomic E-state index is -0.899. The highest BCUT2D eigenvalue weighted by atomic mass is 19.1. The van der Waals surface area contributed by atoms with Gasteiger partial charge in [-0.2, -0.15) is 4.99 Å². The number of rotatable bonds is 8. The number of aliphatic imine (C=N–C) groups is 1. The predicted molar refractivity (Wildman–Crippen MR) is 96.5 cm³/mol. The molecule has 0 saturated heterocycles. The van der Waals surface area contributed by atoms with Crippen molar-refractivity contribution < 1.29 is 28.1 Å². The van der Waals surface area contributed by atoms with Crippen LogP contribution in [-0.4, -0.2) is 41.7 Å². The van der Waals surface area contributed by atoms with Crippen molar-refractivity contribution in [2.24, 2.45) is 16.5 Å². The third-order valence-electron chi connectivity index (χ3n) is 3.41. The van der Waals surface area contributed by atoms with Crippen molar-refractivity contribution in [3.05, 3.63) is 47.4 Å². The first-order valence-corrected chi connectivity index (χ1v) is 7.84. The molecule has 28 heavy (non-hydrogen) atoms. The zero-order valence-corrected chi connectivity index (χ0v) is 15.1. The fourth-order valence-electron chi connectivity index (χ4n) is 2.04. The number of halogens is 2. The van der Waals surface area contributed by atoms with Crippen LogP contribution in [-0.2, 0) is 6.61 Å². The maximum atomic E-state index is 14.3. The number of aliphatic hydroxyl groups excluding tert-OH is 1. The highest BCUT2D eigenvalue weighted by Gasteiger charge is 2.20. The molecule has 0 atom stereocenters. The Hall–Kier alpha value is -3.47. The quantitative estimate of drug-likeness (QED) is 0.447. The van der Waals surface area contributed by atoms with E-state index in [1.54, 1.807) is 0 Å². The van der Waals surface area contributed by atoms with Gasteiger partial charge in [-0.1, -0.05) is 0 Å². The summed E-state index contributed by atoms with van der Waals surface area (Å²) in [5.74, 6) is -2.01. The van der Waals surface area contributed by atoms with Crippen LogP contribution in [0.15, 0.2) is 35.2 Å². The van der Waals surface area contributed by atoms with Gasteiger partial charge in [-0.3, -0.25) is 0 Å². The third-order valence-corrected chi connectivity index (χ3v) is 3.41. The summed E-state index contributed by atoms with van der Waals surface area (Å²) in [6.45, 7) is -0.818. The highest BCUT2D eigenvalue weighted by Crippen LogP contribution is 2.31. The molecule has 0 unspecified atom stereocenters. The van der Waals surface area contributed by atoms with Crippen molar-refractivity contribution in [3.8, 4) is 17.2 Å². The zero-order valence-electron chi connectivity index (χ0n) is 15.1. The van der Waals surface area contributed by atoms with E-state index < -0.39 is 18.2 Å². The lowest BCUT2D eigenvalue weighted by Gasteiger charge is -2.13. The van der Waals surface area contributed by atoms with Crippen LogP contribution in [0.1, 0.15) is 5.56 Å². The molecule has 0 fully saturated rings. The molecule has 1 aromatic heterocycles.